The van der Waals surface area contributed by atoms with E-state index >= 15 is 0 Å². The summed E-state index contributed by atoms with van der Waals surface area (Å²) in [6.07, 6.45) is 0.385. The van der Waals surface area contributed by atoms with Crippen molar-refractivity contribution in [1.29, 1.82) is 0 Å². The van der Waals surface area contributed by atoms with Crippen LogP contribution in [0.25, 0.3) is 0 Å². The Kier molecular flexibility index (Phi) is 6.46. The van der Waals surface area contributed by atoms with E-state index in [2.05, 4.69) is 17.2 Å². The number of aromatic nitrogens is 2. The van der Waals surface area contributed by atoms with Crippen molar-refractivity contribution in [3.8, 4) is 0 Å². The molecule has 3 aromatic rings. The molecular weight excluding hydrogens is 424 g/mol. The van der Waals surface area contributed by atoms with Crippen LogP contribution in [0.5, 0.6) is 0 Å². The highest BCUT2D eigenvalue weighted by Gasteiger charge is 2.33. The molecule has 0 radical (unpaired) electrons. The van der Waals surface area contributed by atoms with Gasteiger partial charge in [-0.05, 0) is 68.0 Å². The SMILES string of the molecule is Cc1cc(C)c(Cn2nc(CC(C)C)c(S(=O)(=O)c3cccc(N)c3)c2C(N)=O)c(C)c1. The van der Waals surface area contributed by atoms with Gasteiger partial charge in [-0.3, -0.25) is 9.48 Å². The van der Waals surface area contributed by atoms with E-state index < -0.39 is 15.7 Å². The van der Waals surface area contributed by atoms with Gasteiger partial charge in [0.15, 0.2) is 0 Å². The van der Waals surface area contributed by atoms with E-state index in [0.29, 0.717) is 17.8 Å². The normalized spacial score (nSPS) is 11.8. The standard InChI is InChI=1S/C24H30N4O3S/c1-14(2)9-21-23(32(30,31)19-8-6-7-18(25)12-19)22(24(26)29)28(27-21)13-20-16(4)10-15(3)11-17(20)5/h6-8,10-12,14H,9,13,25H2,1-5H3,(H2,26,29). The Bertz CT molecular complexity index is 1270. The van der Waals surface area contributed by atoms with Crippen LogP contribution in [0.3, 0.4) is 0 Å². The number of rotatable bonds is 7. The van der Waals surface area contributed by atoms with Crippen molar-refractivity contribution >= 4 is 21.4 Å². The van der Waals surface area contributed by atoms with Crippen molar-refractivity contribution in [2.24, 2.45) is 11.7 Å². The number of primary amides is 1. The first-order valence-electron chi connectivity index (χ1n) is 10.5. The molecule has 1 heterocycles. The molecule has 0 aliphatic heterocycles. The maximum Gasteiger partial charge on any atom is 0.268 e. The number of carbonyl (C=O) groups is 1. The molecule has 3 rings (SSSR count). The lowest BCUT2D eigenvalue weighted by atomic mass is 10.00. The molecule has 1 aromatic heterocycles. The van der Waals surface area contributed by atoms with Gasteiger partial charge in [0.1, 0.15) is 10.6 Å². The highest BCUT2D eigenvalue weighted by Crippen LogP contribution is 2.31. The second kappa shape index (κ2) is 8.78. The third kappa shape index (κ3) is 4.55. The third-order valence-corrected chi connectivity index (χ3v) is 7.24. The van der Waals surface area contributed by atoms with Crippen LogP contribution in [0.2, 0.25) is 0 Å². The summed E-state index contributed by atoms with van der Waals surface area (Å²) in [6, 6.07) is 10.1. The van der Waals surface area contributed by atoms with Gasteiger partial charge in [-0.2, -0.15) is 5.10 Å². The van der Waals surface area contributed by atoms with Crippen molar-refractivity contribution in [3.63, 3.8) is 0 Å². The van der Waals surface area contributed by atoms with E-state index in [0.717, 1.165) is 22.3 Å². The summed E-state index contributed by atoms with van der Waals surface area (Å²) in [5.74, 6) is -0.714. The van der Waals surface area contributed by atoms with Gasteiger partial charge < -0.3 is 11.5 Å². The van der Waals surface area contributed by atoms with E-state index in [1.165, 1.54) is 16.8 Å². The highest BCUT2D eigenvalue weighted by molar-refractivity contribution is 7.91. The van der Waals surface area contributed by atoms with Crippen molar-refractivity contribution in [2.45, 2.75) is 57.4 Å². The Morgan fingerprint density at radius 1 is 1.09 bits per heavy atom. The van der Waals surface area contributed by atoms with Gasteiger partial charge in [-0.1, -0.05) is 37.6 Å². The molecule has 0 bridgehead atoms. The Morgan fingerprint density at radius 3 is 2.25 bits per heavy atom. The molecule has 0 aliphatic carbocycles. The number of anilines is 1. The number of nitrogens with zero attached hydrogens (tertiary/aromatic N) is 2. The first-order valence-corrected chi connectivity index (χ1v) is 12.0. The van der Waals surface area contributed by atoms with Gasteiger partial charge in [0.2, 0.25) is 9.84 Å². The molecule has 2 aromatic carbocycles. The van der Waals surface area contributed by atoms with Crippen molar-refractivity contribution in [3.05, 3.63) is 70.0 Å². The molecule has 7 nitrogen and oxygen atoms in total. The molecule has 8 heteroatoms. The predicted molar refractivity (Wildman–Crippen MR) is 125 cm³/mol. The second-order valence-corrected chi connectivity index (χ2v) is 10.6. The first-order chi connectivity index (χ1) is 14.9. The van der Waals surface area contributed by atoms with Gasteiger partial charge in [0, 0.05) is 5.69 Å². The summed E-state index contributed by atoms with van der Waals surface area (Å²) in [5.41, 5.74) is 16.3. The number of aryl methyl sites for hydroxylation is 3. The van der Waals surface area contributed by atoms with Gasteiger partial charge in [-0.25, -0.2) is 8.42 Å². The summed E-state index contributed by atoms with van der Waals surface area (Å²) in [4.78, 5) is 12.4. The van der Waals surface area contributed by atoms with Crippen LogP contribution in [0.4, 0.5) is 5.69 Å². The van der Waals surface area contributed by atoms with Crippen LogP contribution < -0.4 is 11.5 Å². The topological polar surface area (TPSA) is 121 Å². The molecule has 4 N–H and O–H groups in total. The molecule has 0 atom stereocenters. The number of nitrogen functional groups attached to an aromatic ring is 1. The molecule has 0 fully saturated rings. The molecule has 0 unspecified atom stereocenters. The fourth-order valence-electron chi connectivity index (χ4n) is 4.06. The summed E-state index contributed by atoms with van der Waals surface area (Å²) in [6.45, 7) is 10.2. The minimum atomic E-state index is -4.08. The summed E-state index contributed by atoms with van der Waals surface area (Å²) >= 11 is 0. The Hall–Kier alpha value is -3.13. The molecular formula is C24H30N4O3S. The van der Waals surface area contributed by atoms with Crippen LogP contribution in [0.1, 0.15) is 52.3 Å². The minimum absolute atomic E-state index is 0.00672. The number of benzene rings is 2. The average molecular weight is 455 g/mol. The molecule has 0 spiro atoms. The van der Waals surface area contributed by atoms with Gasteiger partial charge >= 0.3 is 0 Å². The van der Waals surface area contributed by atoms with Crippen molar-refractivity contribution in [2.75, 3.05) is 5.73 Å². The zero-order valence-electron chi connectivity index (χ0n) is 19.1. The van der Waals surface area contributed by atoms with Crippen LogP contribution in [0, 0.1) is 26.7 Å². The smallest absolute Gasteiger partial charge is 0.268 e. The molecule has 0 saturated carbocycles. The maximum atomic E-state index is 13.6. The number of hydrogen-bond acceptors (Lipinski definition) is 5. The van der Waals surface area contributed by atoms with Crippen molar-refractivity contribution in [1.82, 2.24) is 9.78 Å². The lowest BCUT2D eigenvalue weighted by Gasteiger charge is -2.13. The summed E-state index contributed by atoms with van der Waals surface area (Å²) in [7, 11) is -4.08. The maximum absolute atomic E-state index is 13.6. The average Bonchev–Trinajstić information content (AvgIpc) is 3.02. The van der Waals surface area contributed by atoms with Crippen LogP contribution in [-0.2, 0) is 22.8 Å². The summed E-state index contributed by atoms with van der Waals surface area (Å²) in [5, 5.41) is 4.59. The predicted octanol–water partition coefficient (Wildman–Crippen LogP) is 3.57. The zero-order chi connectivity index (χ0) is 23.8. The van der Waals surface area contributed by atoms with Crippen LogP contribution >= 0.6 is 0 Å². The minimum Gasteiger partial charge on any atom is -0.399 e. The Labute approximate surface area is 189 Å². The van der Waals surface area contributed by atoms with Crippen molar-refractivity contribution < 1.29 is 13.2 Å². The van der Waals surface area contributed by atoms with Gasteiger partial charge in [0.25, 0.3) is 5.91 Å². The van der Waals surface area contributed by atoms with E-state index in [9.17, 15) is 13.2 Å². The largest absolute Gasteiger partial charge is 0.399 e. The zero-order valence-corrected chi connectivity index (χ0v) is 20.0. The number of hydrogen-bond donors (Lipinski definition) is 2. The molecule has 0 aliphatic rings. The van der Waals surface area contributed by atoms with Crippen LogP contribution in [-0.4, -0.2) is 24.1 Å². The lowest BCUT2D eigenvalue weighted by molar-refractivity contribution is 0.0987. The van der Waals surface area contributed by atoms with E-state index in [-0.39, 0.29) is 27.9 Å². The van der Waals surface area contributed by atoms with E-state index in [4.69, 9.17) is 11.5 Å². The number of amides is 1. The fraction of sp³-hybridized carbons (Fsp3) is 0.333. The number of nitrogens with two attached hydrogens (primary N) is 2. The van der Waals surface area contributed by atoms with Crippen LogP contribution in [0.15, 0.2) is 46.2 Å². The van der Waals surface area contributed by atoms with Gasteiger partial charge in [0.05, 0.1) is 17.1 Å². The lowest BCUT2D eigenvalue weighted by Crippen LogP contribution is -2.22. The highest BCUT2D eigenvalue weighted by atomic mass is 32.2. The molecule has 170 valence electrons. The number of sulfone groups is 1. The number of carbonyl (C=O) groups excluding carboxylic acids is 1. The third-order valence-electron chi connectivity index (χ3n) is 5.40. The quantitative estimate of drug-likeness (QED) is 0.529. The second-order valence-electron chi connectivity index (χ2n) is 8.70. The van der Waals surface area contributed by atoms with E-state index in [1.807, 2.05) is 34.6 Å². The first kappa shape index (κ1) is 23.5. The molecule has 32 heavy (non-hydrogen) atoms. The fourth-order valence-corrected chi connectivity index (χ4v) is 5.74. The van der Waals surface area contributed by atoms with E-state index in [1.54, 1.807) is 12.1 Å². The monoisotopic (exact) mass is 454 g/mol. The molecule has 1 amide bonds. The summed E-state index contributed by atoms with van der Waals surface area (Å²) < 4.78 is 28.7. The van der Waals surface area contributed by atoms with Gasteiger partial charge in [-0.15, -0.1) is 0 Å². The Morgan fingerprint density at radius 2 is 1.72 bits per heavy atom. The Balaban J connectivity index is 2.28. The molecule has 0 saturated heterocycles.